The van der Waals surface area contributed by atoms with Gasteiger partial charge in [-0.3, -0.25) is 4.79 Å². The Morgan fingerprint density at radius 1 is 1.50 bits per heavy atom. The monoisotopic (exact) mass is 289 g/mol. The molecule has 0 aliphatic heterocycles. The maximum absolute atomic E-state index is 11.9. The molecule has 1 unspecified atom stereocenters. The van der Waals surface area contributed by atoms with E-state index in [9.17, 15) is 9.90 Å². The van der Waals surface area contributed by atoms with Crippen molar-refractivity contribution < 1.29 is 9.90 Å². The molecule has 0 aliphatic carbocycles. The van der Waals surface area contributed by atoms with Gasteiger partial charge in [0.25, 0.3) is 5.91 Å². The van der Waals surface area contributed by atoms with Crippen LogP contribution in [0.15, 0.2) is 18.2 Å². The Bertz CT molecular complexity index is 410. The summed E-state index contributed by atoms with van der Waals surface area (Å²) >= 11 is 11.5. The molecule has 0 saturated carbocycles. The number of phenols is 1. The summed E-state index contributed by atoms with van der Waals surface area (Å²) in [6, 6.07) is 4.40. The minimum Gasteiger partial charge on any atom is -0.507 e. The first-order chi connectivity index (χ1) is 8.58. The Hall–Kier alpha value is -0.930. The number of halogens is 2. The van der Waals surface area contributed by atoms with Gasteiger partial charge < -0.3 is 10.4 Å². The van der Waals surface area contributed by atoms with Crippen LogP contribution in [0, 0.1) is 5.92 Å². The molecule has 0 fully saturated rings. The zero-order valence-electron chi connectivity index (χ0n) is 10.2. The lowest BCUT2D eigenvalue weighted by atomic mass is 10.0. The van der Waals surface area contributed by atoms with Gasteiger partial charge in [0.05, 0.1) is 5.56 Å². The van der Waals surface area contributed by atoms with Gasteiger partial charge in [0.2, 0.25) is 0 Å². The highest BCUT2D eigenvalue weighted by Crippen LogP contribution is 2.21. The SMILES string of the molecule is CCC(CCCl)CNC(=O)c1cc(Cl)ccc1O. The van der Waals surface area contributed by atoms with E-state index in [0.717, 1.165) is 12.8 Å². The molecule has 1 amide bonds. The number of rotatable bonds is 6. The molecule has 100 valence electrons. The van der Waals surface area contributed by atoms with Crippen molar-refractivity contribution in [3.8, 4) is 5.75 Å². The lowest BCUT2D eigenvalue weighted by Crippen LogP contribution is -2.29. The number of amides is 1. The number of benzene rings is 1. The summed E-state index contributed by atoms with van der Waals surface area (Å²) in [7, 11) is 0. The Balaban J connectivity index is 2.62. The van der Waals surface area contributed by atoms with Gasteiger partial charge in [-0.15, -0.1) is 11.6 Å². The fourth-order valence-electron chi connectivity index (χ4n) is 1.63. The van der Waals surface area contributed by atoms with Crippen LogP contribution in [0.2, 0.25) is 5.02 Å². The van der Waals surface area contributed by atoms with E-state index < -0.39 is 0 Å². The maximum atomic E-state index is 11.9. The van der Waals surface area contributed by atoms with Gasteiger partial charge in [0.1, 0.15) is 5.75 Å². The van der Waals surface area contributed by atoms with E-state index >= 15 is 0 Å². The third kappa shape index (κ3) is 4.39. The normalized spacial score (nSPS) is 12.2. The zero-order valence-corrected chi connectivity index (χ0v) is 11.8. The molecule has 1 atom stereocenters. The number of hydrogen-bond donors (Lipinski definition) is 2. The average molecular weight is 290 g/mol. The Morgan fingerprint density at radius 2 is 2.22 bits per heavy atom. The van der Waals surface area contributed by atoms with Crippen molar-refractivity contribution in [2.45, 2.75) is 19.8 Å². The fourth-order valence-corrected chi connectivity index (χ4v) is 2.11. The Morgan fingerprint density at radius 3 is 2.83 bits per heavy atom. The summed E-state index contributed by atoms with van der Waals surface area (Å²) in [4.78, 5) is 11.9. The van der Waals surface area contributed by atoms with E-state index in [1.54, 1.807) is 0 Å². The average Bonchev–Trinajstić information content (AvgIpc) is 2.37. The summed E-state index contributed by atoms with van der Waals surface area (Å²) in [5, 5.41) is 12.8. The molecule has 0 aliphatic rings. The predicted molar refractivity (Wildman–Crippen MR) is 74.6 cm³/mol. The van der Waals surface area contributed by atoms with Crippen molar-refractivity contribution in [3.05, 3.63) is 28.8 Å². The largest absolute Gasteiger partial charge is 0.507 e. The highest BCUT2D eigenvalue weighted by molar-refractivity contribution is 6.31. The van der Waals surface area contributed by atoms with E-state index in [-0.39, 0.29) is 17.2 Å². The van der Waals surface area contributed by atoms with Crippen LogP contribution >= 0.6 is 23.2 Å². The summed E-state index contributed by atoms with van der Waals surface area (Å²) in [5.41, 5.74) is 0.197. The summed E-state index contributed by atoms with van der Waals surface area (Å²) in [5.74, 6) is 0.551. The van der Waals surface area contributed by atoms with Crippen LogP contribution in [0.3, 0.4) is 0 Å². The van der Waals surface area contributed by atoms with Crippen LogP contribution in [0.25, 0.3) is 0 Å². The molecule has 5 heteroatoms. The highest BCUT2D eigenvalue weighted by Gasteiger charge is 2.13. The van der Waals surface area contributed by atoms with Crippen molar-refractivity contribution in [1.29, 1.82) is 0 Å². The number of hydrogen-bond acceptors (Lipinski definition) is 2. The minimum absolute atomic E-state index is 0.0673. The van der Waals surface area contributed by atoms with E-state index in [0.29, 0.717) is 23.4 Å². The number of alkyl halides is 1. The van der Waals surface area contributed by atoms with Gasteiger partial charge in [-0.2, -0.15) is 0 Å². The minimum atomic E-state index is -0.317. The van der Waals surface area contributed by atoms with Gasteiger partial charge in [0.15, 0.2) is 0 Å². The van der Waals surface area contributed by atoms with Crippen LogP contribution in [0.5, 0.6) is 5.75 Å². The van der Waals surface area contributed by atoms with Crippen LogP contribution in [-0.4, -0.2) is 23.4 Å². The summed E-state index contributed by atoms with van der Waals surface area (Å²) in [6.07, 6.45) is 1.81. The molecule has 0 bridgehead atoms. The Kier molecular flexibility index (Phi) is 6.30. The second-order valence-corrected chi connectivity index (χ2v) is 4.94. The predicted octanol–water partition coefficient (Wildman–Crippen LogP) is 3.43. The number of aromatic hydroxyl groups is 1. The molecule has 3 nitrogen and oxygen atoms in total. The third-order valence-corrected chi connectivity index (χ3v) is 3.30. The molecular weight excluding hydrogens is 273 g/mol. The van der Waals surface area contributed by atoms with Gasteiger partial charge in [0, 0.05) is 17.4 Å². The molecule has 0 saturated heterocycles. The van der Waals surface area contributed by atoms with E-state index in [1.165, 1.54) is 18.2 Å². The number of carbonyl (C=O) groups excluding carboxylic acids is 1. The molecular formula is C13H17Cl2NO2. The number of phenolic OH excluding ortho intramolecular Hbond substituents is 1. The standard InChI is InChI=1S/C13H17Cl2NO2/c1-2-9(5-6-14)8-16-13(18)11-7-10(15)3-4-12(11)17/h3-4,7,9,17H,2,5-6,8H2,1H3,(H,16,18). The van der Waals surface area contributed by atoms with E-state index in [4.69, 9.17) is 23.2 Å². The van der Waals surface area contributed by atoms with Crippen LogP contribution in [0.1, 0.15) is 30.1 Å². The summed E-state index contributed by atoms with van der Waals surface area (Å²) < 4.78 is 0. The molecule has 0 heterocycles. The second kappa shape index (κ2) is 7.49. The quantitative estimate of drug-likeness (QED) is 0.789. The second-order valence-electron chi connectivity index (χ2n) is 4.12. The van der Waals surface area contributed by atoms with Crippen molar-refractivity contribution >= 4 is 29.1 Å². The first-order valence-corrected chi connectivity index (χ1v) is 6.82. The van der Waals surface area contributed by atoms with Crippen molar-refractivity contribution in [3.63, 3.8) is 0 Å². The topological polar surface area (TPSA) is 49.3 Å². The lowest BCUT2D eigenvalue weighted by Gasteiger charge is -2.14. The fraction of sp³-hybridized carbons (Fsp3) is 0.462. The molecule has 0 aromatic heterocycles. The van der Waals surface area contributed by atoms with Crippen LogP contribution in [-0.2, 0) is 0 Å². The first-order valence-electron chi connectivity index (χ1n) is 5.91. The van der Waals surface area contributed by atoms with E-state index in [1.807, 2.05) is 0 Å². The Labute approximate surface area is 117 Å². The maximum Gasteiger partial charge on any atom is 0.255 e. The molecule has 0 radical (unpaired) electrons. The van der Waals surface area contributed by atoms with Crippen LogP contribution in [0.4, 0.5) is 0 Å². The molecule has 18 heavy (non-hydrogen) atoms. The zero-order chi connectivity index (χ0) is 13.5. The molecule has 2 N–H and O–H groups in total. The van der Waals surface area contributed by atoms with Crippen molar-refractivity contribution in [2.24, 2.45) is 5.92 Å². The van der Waals surface area contributed by atoms with Gasteiger partial charge in [-0.1, -0.05) is 24.9 Å². The molecule has 1 aromatic rings. The smallest absolute Gasteiger partial charge is 0.255 e. The van der Waals surface area contributed by atoms with Crippen LogP contribution < -0.4 is 5.32 Å². The van der Waals surface area contributed by atoms with Gasteiger partial charge >= 0.3 is 0 Å². The van der Waals surface area contributed by atoms with E-state index in [2.05, 4.69) is 12.2 Å². The van der Waals surface area contributed by atoms with Crippen molar-refractivity contribution in [2.75, 3.05) is 12.4 Å². The number of nitrogens with one attached hydrogen (secondary N) is 1. The van der Waals surface area contributed by atoms with Gasteiger partial charge in [-0.25, -0.2) is 0 Å². The van der Waals surface area contributed by atoms with Crippen molar-refractivity contribution in [1.82, 2.24) is 5.32 Å². The summed E-state index contributed by atoms with van der Waals surface area (Å²) in [6.45, 7) is 2.61. The third-order valence-electron chi connectivity index (χ3n) is 2.85. The highest BCUT2D eigenvalue weighted by atomic mass is 35.5. The molecule has 1 aromatic carbocycles. The molecule has 1 rings (SSSR count). The first kappa shape index (κ1) is 15.1. The lowest BCUT2D eigenvalue weighted by molar-refractivity contribution is 0.0944. The van der Waals surface area contributed by atoms with Gasteiger partial charge in [-0.05, 0) is 30.5 Å². The number of carbonyl (C=O) groups is 1. The molecule has 0 spiro atoms.